The van der Waals surface area contributed by atoms with Crippen LogP contribution in [0.2, 0.25) is 0 Å². The van der Waals surface area contributed by atoms with Crippen molar-refractivity contribution in [3.63, 3.8) is 0 Å². The van der Waals surface area contributed by atoms with Crippen LogP contribution in [-0.4, -0.2) is 44.0 Å². The van der Waals surface area contributed by atoms with E-state index in [1.807, 2.05) is 0 Å². The molecule has 0 fully saturated rings. The Kier molecular flexibility index (Phi) is 6.75. The van der Waals surface area contributed by atoms with Gasteiger partial charge in [-0.2, -0.15) is 0 Å². The van der Waals surface area contributed by atoms with E-state index >= 15 is 0 Å². The SMILES string of the molecule is COc1ccnc(C(=O)N=N)c1OCOCCOC(C)=O. The molecule has 0 unspecified atom stereocenters. The summed E-state index contributed by atoms with van der Waals surface area (Å²) < 4.78 is 20.1. The number of nitrogens with one attached hydrogen (secondary N) is 1. The van der Waals surface area contributed by atoms with Gasteiger partial charge in [0, 0.05) is 19.2 Å². The summed E-state index contributed by atoms with van der Waals surface area (Å²) in [4.78, 5) is 25.8. The molecule has 0 radical (unpaired) electrons. The number of pyridine rings is 1. The number of esters is 1. The van der Waals surface area contributed by atoms with Gasteiger partial charge in [-0.05, 0) is 0 Å². The Morgan fingerprint density at radius 3 is 2.76 bits per heavy atom. The molecule has 9 heteroatoms. The summed E-state index contributed by atoms with van der Waals surface area (Å²) in [7, 11) is 1.40. The minimum atomic E-state index is -0.858. The minimum absolute atomic E-state index is 0.0356. The van der Waals surface area contributed by atoms with Gasteiger partial charge in [0.1, 0.15) is 6.61 Å². The lowest BCUT2D eigenvalue weighted by molar-refractivity contribution is -0.143. The summed E-state index contributed by atoms with van der Waals surface area (Å²) in [5.41, 5.74) is 6.59. The van der Waals surface area contributed by atoms with Crippen molar-refractivity contribution < 1.29 is 28.5 Å². The van der Waals surface area contributed by atoms with E-state index in [9.17, 15) is 9.59 Å². The molecule has 0 atom stereocenters. The van der Waals surface area contributed by atoms with Crippen LogP contribution in [0, 0.1) is 5.53 Å². The van der Waals surface area contributed by atoms with Crippen LogP contribution >= 0.6 is 0 Å². The lowest BCUT2D eigenvalue weighted by Gasteiger charge is -2.12. The largest absolute Gasteiger partial charge is 0.493 e. The fourth-order valence-corrected chi connectivity index (χ4v) is 1.34. The molecule has 9 nitrogen and oxygen atoms in total. The second-order valence-corrected chi connectivity index (χ2v) is 3.62. The number of aromatic nitrogens is 1. The molecular formula is C12H15N3O6. The number of hydrogen-bond donors (Lipinski definition) is 1. The molecule has 0 aliphatic rings. The lowest BCUT2D eigenvalue weighted by Crippen LogP contribution is -2.13. The summed E-state index contributed by atoms with van der Waals surface area (Å²) in [5.74, 6) is -0.962. The fraction of sp³-hybridized carbons (Fsp3) is 0.417. The van der Waals surface area contributed by atoms with E-state index in [0.29, 0.717) is 0 Å². The molecule has 1 aromatic heterocycles. The lowest BCUT2D eigenvalue weighted by atomic mass is 10.3. The Labute approximate surface area is 120 Å². The van der Waals surface area contributed by atoms with Crippen molar-refractivity contribution in [2.45, 2.75) is 6.92 Å². The van der Waals surface area contributed by atoms with Crippen molar-refractivity contribution in [1.29, 1.82) is 5.53 Å². The number of carbonyl (C=O) groups excluding carboxylic acids is 2. The highest BCUT2D eigenvalue weighted by atomic mass is 16.7. The van der Waals surface area contributed by atoms with Crippen LogP contribution in [0.3, 0.4) is 0 Å². The van der Waals surface area contributed by atoms with E-state index in [4.69, 9.17) is 19.7 Å². The van der Waals surface area contributed by atoms with Gasteiger partial charge in [-0.25, -0.2) is 10.5 Å². The normalized spacial score (nSPS) is 9.81. The molecule has 0 bridgehead atoms. The third-order valence-electron chi connectivity index (χ3n) is 2.21. The van der Waals surface area contributed by atoms with Crippen LogP contribution in [0.4, 0.5) is 0 Å². The molecule has 1 N–H and O–H groups in total. The highest BCUT2D eigenvalue weighted by Crippen LogP contribution is 2.29. The first kappa shape index (κ1) is 16.5. The average molecular weight is 297 g/mol. The zero-order chi connectivity index (χ0) is 15.7. The average Bonchev–Trinajstić information content (AvgIpc) is 2.49. The third kappa shape index (κ3) is 5.15. The second-order valence-electron chi connectivity index (χ2n) is 3.62. The van der Waals surface area contributed by atoms with Gasteiger partial charge in [0.2, 0.25) is 0 Å². The van der Waals surface area contributed by atoms with Gasteiger partial charge in [0.15, 0.2) is 24.0 Å². The molecule has 0 saturated carbocycles. The standard InChI is InChI=1S/C12H15N3O6/c1-8(16)20-6-5-19-7-21-11-9(18-2)3-4-14-10(11)12(17)15-13/h3-4,13H,5-7H2,1-2H3. The third-order valence-corrected chi connectivity index (χ3v) is 2.21. The summed E-state index contributed by atoms with van der Waals surface area (Å²) in [6.45, 7) is 1.31. The number of carbonyl (C=O) groups is 2. The van der Waals surface area contributed by atoms with Gasteiger partial charge in [-0.15, -0.1) is 5.11 Å². The Hall–Kier alpha value is -2.55. The molecule has 0 spiro atoms. The van der Waals surface area contributed by atoms with E-state index in [1.165, 1.54) is 26.3 Å². The summed E-state index contributed by atoms with van der Waals surface area (Å²) in [5, 5.41) is 2.79. The van der Waals surface area contributed by atoms with E-state index < -0.39 is 11.9 Å². The predicted molar refractivity (Wildman–Crippen MR) is 68.3 cm³/mol. The van der Waals surface area contributed by atoms with Crippen LogP contribution in [0.25, 0.3) is 0 Å². The molecule has 1 rings (SSSR count). The zero-order valence-corrected chi connectivity index (χ0v) is 11.6. The molecule has 0 aliphatic carbocycles. The van der Waals surface area contributed by atoms with Crippen molar-refractivity contribution in [3.8, 4) is 11.5 Å². The number of rotatable bonds is 8. The Bertz CT molecular complexity index is 520. The van der Waals surface area contributed by atoms with Crippen molar-refractivity contribution in [1.82, 2.24) is 4.98 Å². The van der Waals surface area contributed by atoms with Crippen LogP contribution in [0.15, 0.2) is 17.4 Å². The van der Waals surface area contributed by atoms with E-state index in [2.05, 4.69) is 14.8 Å². The van der Waals surface area contributed by atoms with E-state index in [1.54, 1.807) is 0 Å². The molecule has 114 valence electrons. The minimum Gasteiger partial charge on any atom is -0.493 e. The monoisotopic (exact) mass is 297 g/mol. The Morgan fingerprint density at radius 1 is 1.38 bits per heavy atom. The van der Waals surface area contributed by atoms with Gasteiger partial charge in [0.25, 0.3) is 0 Å². The molecule has 0 aliphatic heterocycles. The molecule has 1 aromatic rings. The van der Waals surface area contributed by atoms with Crippen LogP contribution in [0.5, 0.6) is 11.5 Å². The first-order valence-corrected chi connectivity index (χ1v) is 5.88. The summed E-state index contributed by atoms with van der Waals surface area (Å²) >= 11 is 0. The maximum atomic E-state index is 11.5. The van der Waals surface area contributed by atoms with Gasteiger partial charge < -0.3 is 18.9 Å². The van der Waals surface area contributed by atoms with Crippen LogP contribution < -0.4 is 9.47 Å². The number of ether oxygens (including phenoxy) is 4. The van der Waals surface area contributed by atoms with E-state index in [0.717, 1.165) is 0 Å². The fourth-order valence-electron chi connectivity index (χ4n) is 1.34. The Morgan fingerprint density at radius 2 is 2.14 bits per heavy atom. The van der Waals surface area contributed by atoms with Crippen molar-refractivity contribution >= 4 is 11.9 Å². The summed E-state index contributed by atoms with van der Waals surface area (Å²) in [6.07, 6.45) is 1.34. The highest BCUT2D eigenvalue weighted by molar-refractivity contribution is 5.95. The first-order valence-electron chi connectivity index (χ1n) is 5.88. The smallest absolute Gasteiger partial charge is 0.317 e. The molecule has 0 saturated heterocycles. The van der Waals surface area contributed by atoms with Gasteiger partial charge in [0.05, 0.1) is 13.7 Å². The number of nitrogens with zero attached hydrogens (tertiary/aromatic N) is 2. The quantitative estimate of drug-likeness (QED) is 0.331. The van der Waals surface area contributed by atoms with Crippen molar-refractivity contribution in [3.05, 3.63) is 18.0 Å². The maximum absolute atomic E-state index is 11.5. The first-order chi connectivity index (χ1) is 10.1. The molecule has 0 aromatic carbocycles. The number of hydrogen-bond acceptors (Lipinski definition) is 8. The maximum Gasteiger partial charge on any atom is 0.317 e. The van der Waals surface area contributed by atoms with Crippen LogP contribution in [-0.2, 0) is 14.3 Å². The van der Waals surface area contributed by atoms with Crippen molar-refractivity contribution in [2.75, 3.05) is 27.1 Å². The van der Waals surface area contributed by atoms with Gasteiger partial charge >= 0.3 is 11.9 Å². The zero-order valence-electron chi connectivity index (χ0n) is 11.6. The predicted octanol–water partition coefficient (Wildman–Crippen LogP) is 1.18. The molecular weight excluding hydrogens is 282 g/mol. The number of methoxy groups -OCH3 is 1. The topological polar surface area (TPSA) is 120 Å². The Balaban J connectivity index is 2.62. The highest BCUT2D eigenvalue weighted by Gasteiger charge is 2.18. The summed E-state index contributed by atoms with van der Waals surface area (Å²) in [6, 6.07) is 1.49. The van der Waals surface area contributed by atoms with E-state index in [-0.39, 0.29) is 37.2 Å². The van der Waals surface area contributed by atoms with Crippen LogP contribution in [0.1, 0.15) is 17.4 Å². The van der Waals surface area contributed by atoms with Gasteiger partial charge in [-0.1, -0.05) is 0 Å². The molecule has 1 amide bonds. The van der Waals surface area contributed by atoms with Crippen molar-refractivity contribution in [2.24, 2.45) is 5.11 Å². The molecule has 1 heterocycles. The number of amides is 1. The van der Waals surface area contributed by atoms with Gasteiger partial charge in [-0.3, -0.25) is 9.59 Å². The molecule has 21 heavy (non-hydrogen) atoms. The second kappa shape index (κ2) is 8.59.